The van der Waals surface area contributed by atoms with Crippen LogP contribution in [0.2, 0.25) is 5.02 Å². The van der Waals surface area contributed by atoms with Crippen molar-refractivity contribution in [3.63, 3.8) is 0 Å². The summed E-state index contributed by atoms with van der Waals surface area (Å²) in [6.45, 7) is 3.71. The molecule has 0 atom stereocenters. The summed E-state index contributed by atoms with van der Waals surface area (Å²) in [6, 6.07) is 8.20. The van der Waals surface area contributed by atoms with Crippen molar-refractivity contribution in [2.45, 2.75) is 32.2 Å². The Balaban J connectivity index is 2.00. The Kier molecular flexibility index (Phi) is 5.01. The van der Waals surface area contributed by atoms with Gasteiger partial charge >= 0.3 is 0 Å². The van der Waals surface area contributed by atoms with Crippen molar-refractivity contribution >= 4 is 28.8 Å². The molecule has 0 bridgehead atoms. The number of carbonyl (C=O) groups excluding carboxylic acids is 1. The standard InChI is InChI=1S/C16H17ClFNOS/c1-16(2,13-7-5-11(18)10-14(13)17)19-15(20)8-6-12-4-3-9-21-12/h3-5,7,9-10H,6,8H2,1-2H3,(H,19,20). The Morgan fingerprint density at radius 1 is 1.38 bits per heavy atom. The summed E-state index contributed by atoms with van der Waals surface area (Å²) < 4.78 is 13.1. The molecule has 2 rings (SSSR count). The largest absolute Gasteiger partial charge is 0.347 e. The number of aryl methyl sites for hydroxylation is 1. The van der Waals surface area contributed by atoms with Gasteiger partial charge in [0.25, 0.3) is 0 Å². The molecule has 21 heavy (non-hydrogen) atoms. The first-order valence-corrected chi connectivity index (χ1v) is 7.93. The SMILES string of the molecule is CC(C)(NC(=O)CCc1cccs1)c1ccc(F)cc1Cl. The van der Waals surface area contributed by atoms with E-state index in [4.69, 9.17) is 11.6 Å². The van der Waals surface area contributed by atoms with Crippen LogP contribution in [0.25, 0.3) is 0 Å². The van der Waals surface area contributed by atoms with Crippen molar-refractivity contribution in [3.8, 4) is 0 Å². The number of amides is 1. The van der Waals surface area contributed by atoms with Gasteiger partial charge in [-0.15, -0.1) is 11.3 Å². The molecule has 1 aromatic carbocycles. The lowest BCUT2D eigenvalue weighted by molar-refractivity contribution is -0.122. The van der Waals surface area contributed by atoms with E-state index in [9.17, 15) is 9.18 Å². The monoisotopic (exact) mass is 325 g/mol. The van der Waals surface area contributed by atoms with Crippen LogP contribution < -0.4 is 5.32 Å². The molecule has 0 fully saturated rings. The summed E-state index contributed by atoms with van der Waals surface area (Å²) in [5.41, 5.74) is 0.0622. The molecule has 0 aliphatic carbocycles. The molecule has 0 radical (unpaired) electrons. The summed E-state index contributed by atoms with van der Waals surface area (Å²) in [4.78, 5) is 13.3. The zero-order valence-electron chi connectivity index (χ0n) is 12.0. The quantitative estimate of drug-likeness (QED) is 0.860. The number of rotatable bonds is 5. The minimum Gasteiger partial charge on any atom is -0.347 e. The fourth-order valence-electron chi connectivity index (χ4n) is 2.17. The highest BCUT2D eigenvalue weighted by Gasteiger charge is 2.25. The van der Waals surface area contributed by atoms with Crippen molar-refractivity contribution in [2.75, 3.05) is 0 Å². The van der Waals surface area contributed by atoms with Crippen molar-refractivity contribution in [1.82, 2.24) is 5.32 Å². The Hall–Kier alpha value is -1.39. The molecule has 0 unspecified atom stereocenters. The van der Waals surface area contributed by atoms with E-state index in [2.05, 4.69) is 5.32 Å². The van der Waals surface area contributed by atoms with E-state index in [0.717, 1.165) is 6.42 Å². The Morgan fingerprint density at radius 2 is 2.14 bits per heavy atom. The third-order valence-corrected chi connectivity index (χ3v) is 4.48. The molecule has 5 heteroatoms. The third-order valence-electron chi connectivity index (χ3n) is 3.23. The topological polar surface area (TPSA) is 29.1 Å². The van der Waals surface area contributed by atoms with E-state index in [-0.39, 0.29) is 11.7 Å². The molecule has 2 nitrogen and oxygen atoms in total. The van der Waals surface area contributed by atoms with E-state index in [1.807, 2.05) is 31.4 Å². The number of halogens is 2. The van der Waals surface area contributed by atoms with Crippen LogP contribution in [-0.2, 0) is 16.8 Å². The molecule has 2 aromatic rings. The maximum absolute atomic E-state index is 13.1. The lowest BCUT2D eigenvalue weighted by Gasteiger charge is -2.28. The second-order valence-electron chi connectivity index (χ2n) is 5.38. The molecular weight excluding hydrogens is 309 g/mol. The van der Waals surface area contributed by atoms with Gasteiger partial charge in [0.2, 0.25) is 5.91 Å². The molecule has 0 saturated carbocycles. The second-order valence-corrected chi connectivity index (χ2v) is 6.82. The van der Waals surface area contributed by atoms with E-state index in [1.54, 1.807) is 17.4 Å². The number of nitrogens with one attached hydrogen (secondary N) is 1. The van der Waals surface area contributed by atoms with Gasteiger partial charge in [-0.25, -0.2) is 4.39 Å². The van der Waals surface area contributed by atoms with Gasteiger partial charge in [-0.2, -0.15) is 0 Å². The number of thiophene rings is 1. The number of benzene rings is 1. The van der Waals surface area contributed by atoms with E-state index in [0.29, 0.717) is 17.0 Å². The van der Waals surface area contributed by atoms with Gasteiger partial charge in [0, 0.05) is 16.3 Å². The predicted molar refractivity (Wildman–Crippen MR) is 85.2 cm³/mol. The van der Waals surface area contributed by atoms with Crippen LogP contribution in [0.1, 0.15) is 30.7 Å². The average molecular weight is 326 g/mol. The van der Waals surface area contributed by atoms with Crippen molar-refractivity contribution in [1.29, 1.82) is 0 Å². The maximum atomic E-state index is 13.1. The summed E-state index contributed by atoms with van der Waals surface area (Å²) in [5, 5.41) is 5.27. The second kappa shape index (κ2) is 6.58. The lowest BCUT2D eigenvalue weighted by Crippen LogP contribution is -2.41. The van der Waals surface area contributed by atoms with Crippen LogP contribution in [0.5, 0.6) is 0 Å². The number of hydrogen-bond acceptors (Lipinski definition) is 2. The van der Waals surface area contributed by atoms with Gasteiger partial charge in [0.05, 0.1) is 5.54 Å². The van der Waals surface area contributed by atoms with E-state index in [1.165, 1.54) is 17.0 Å². The lowest BCUT2D eigenvalue weighted by atomic mass is 9.94. The average Bonchev–Trinajstić information content (AvgIpc) is 2.88. The minimum absolute atomic E-state index is 0.0474. The van der Waals surface area contributed by atoms with Crippen LogP contribution in [0.3, 0.4) is 0 Å². The summed E-state index contributed by atoms with van der Waals surface area (Å²) in [6.07, 6.45) is 1.14. The van der Waals surface area contributed by atoms with Crippen LogP contribution >= 0.6 is 22.9 Å². The number of carbonyl (C=O) groups is 1. The molecule has 0 saturated heterocycles. The Morgan fingerprint density at radius 3 is 2.76 bits per heavy atom. The fraction of sp³-hybridized carbons (Fsp3) is 0.312. The molecule has 1 heterocycles. The molecule has 0 spiro atoms. The number of hydrogen-bond donors (Lipinski definition) is 1. The maximum Gasteiger partial charge on any atom is 0.221 e. The van der Waals surface area contributed by atoms with Gasteiger partial charge in [-0.3, -0.25) is 4.79 Å². The zero-order valence-corrected chi connectivity index (χ0v) is 13.5. The normalized spacial score (nSPS) is 11.4. The predicted octanol–water partition coefficient (Wildman–Crippen LogP) is 4.52. The first-order valence-electron chi connectivity index (χ1n) is 6.67. The van der Waals surface area contributed by atoms with Crippen molar-refractivity contribution in [2.24, 2.45) is 0 Å². The van der Waals surface area contributed by atoms with E-state index < -0.39 is 5.54 Å². The van der Waals surface area contributed by atoms with Crippen LogP contribution in [0.4, 0.5) is 4.39 Å². The smallest absolute Gasteiger partial charge is 0.221 e. The molecule has 0 aliphatic heterocycles. The van der Waals surface area contributed by atoms with Gasteiger partial charge in [-0.05, 0) is 49.4 Å². The summed E-state index contributed by atoms with van der Waals surface area (Å²) >= 11 is 7.71. The molecular formula is C16H17ClFNOS. The molecule has 0 aliphatic rings. The van der Waals surface area contributed by atoms with Crippen molar-refractivity contribution < 1.29 is 9.18 Å². The zero-order chi connectivity index (χ0) is 15.5. The Labute approximate surface area is 132 Å². The van der Waals surface area contributed by atoms with Gasteiger partial charge in [-0.1, -0.05) is 23.7 Å². The fourth-order valence-corrected chi connectivity index (χ4v) is 3.28. The first-order chi connectivity index (χ1) is 9.88. The first kappa shape index (κ1) is 16.0. The Bertz CT molecular complexity index is 625. The highest BCUT2D eigenvalue weighted by atomic mass is 35.5. The summed E-state index contributed by atoms with van der Waals surface area (Å²) in [5.74, 6) is -0.433. The molecule has 1 aromatic heterocycles. The van der Waals surface area contributed by atoms with Crippen LogP contribution in [-0.4, -0.2) is 5.91 Å². The highest BCUT2D eigenvalue weighted by molar-refractivity contribution is 7.09. The molecule has 1 amide bonds. The summed E-state index contributed by atoms with van der Waals surface area (Å²) in [7, 11) is 0. The van der Waals surface area contributed by atoms with Gasteiger partial charge < -0.3 is 5.32 Å². The molecule has 112 valence electrons. The van der Waals surface area contributed by atoms with E-state index >= 15 is 0 Å². The van der Waals surface area contributed by atoms with Crippen molar-refractivity contribution in [3.05, 3.63) is 57.0 Å². The van der Waals surface area contributed by atoms with Crippen LogP contribution in [0.15, 0.2) is 35.7 Å². The minimum atomic E-state index is -0.642. The molecule has 1 N–H and O–H groups in total. The van der Waals surface area contributed by atoms with Gasteiger partial charge in [0.1, 0.15) is 5.82 Å². The third kappa shape index (κ3) is 4.29. The highest BCUT2D eigenvalue weighted by Crippen LogP contribution is 2.28. The van der Waals surface area contributed by atoms with Crippen LogP contribution in [0, 0.1) is 5.82 Å². The van der Waals surface area contributed by atoms with Gasteiger partial charge in [0.15, 0.2) is 0 Å².